The predicted octanol–water partition coefficient (Wildman–Crippen LogP) is 5.45. The first-order valence-corrected chi connectivity index (χ1v) is 9.18. The van der Waals surface area contributed by atoms with Crippen molar-refractivity contribution >= 4 is 41.2 Å². The molecule has 1 aliphatic heterocycles. The van der Waals surface area contributed by atoms with Gasteiger partial charge in [0.1, 0.15) is 11.5 Å². The van der Waals surface area contributed by atoms with E-state index in [1.165, 1.54) is 6.07 Å². The fourth-order valence-electron chi connectivity index (χ4n) is 2.63. The Morgan fingerprint density at radius 3 is 2.52 bits per heavy atom. The maximum Gasteiger partial charge on any atom is 0.415 e. The number of hydrogen-bond acceptors (Lipinski definition) is 4. The number of allylic oxidation sites excluding steroid dienone is 1. The van der Waals surface area contributed by atoms with Gasteiger partial charge < -0.3 is 14.4 Å². The number of fused-ring (bicyclic) bond motifs is 1. The second-order valence-corrected chi connectivity index (χ2v) is 6.63. The van der Waals surface area contributed by atoms with Gasteiger partial charge in [-0.2, -0.15) is 0 Å². The average Bonchev–Trinajstić information content (AvgIpc) is 2.94. The molecule has 0 atom stereocenters. The number of Topliss-reactive ketones (excluding diaryl/α,β-unsaturated/α-hetero) is 1. The van der Waals surface area contributed by atoms with Gasteiger partial charge in [-0.3, -0.25) is 4.79 Å². The standard InChI is InChI=1S/C20H17Cl2NO4/c1-3-23(4-2)20(25)26-13-6-7-14-17(11-13)27-18(19(14)24)10-12-5-8-15(21)16(22)9-12/h5-11H,3-4H2,1-2H3/b18-10-. The highest BCUT2D eigenvalue weighted by molar-refractivity contribution is 6.42. The summed E-state index contributed by atoms with van der Waals surface area (Å²) < 4.78 is 11.0. The van der Waals surface area contributed by atoms with Crippen LogP contribution in [0.2, 0.25) is 10.0 Å². The SMILES string of the molecule is CCN(CC)C(=O)Oc1ccc2c(c1)O/C(=C\c1ccc(Cl)c(Cl)c1)C2=O. The van der Waals surface area contributed by atoms with Crippen LogP contribution in [0.3, 0.4) is 0 Å². The second kappa shape index (κ2) is 8.03. The van der Waals surface area contributed by atoms with Gasteiger partial charge in [-0.05, 0) is 49.8 Å². The fourth-order valence-corrected chi connectivity index (χ4v) is 2.94. The summed E-state index contributed by atoms with van der Waals surface area (Å²) in [5, 5.41) is 0.819. The summed E-state index contributed by atoms with van der Waals surface area (Å²) in [4.78, 5) is 26.1. The number of carbonyl (C=O) groups excluding carboxylic acids is 2. The lowest BCUT2D eigenvalue weighted by Gasteiger charge is -2.17. The van der Waals surface area contributed by atoms with Gasteiger partial charge in [-0.1, -0.05) is 29.3 Å². The third kappa shape index (κ3) is 4.10. The maximum absolute atomic E-state index is 12.5. The Hall–Kier alpha value is -2.50. The molecule has 7 heteroatoms. The topological polar surface area (TPSA) is 55.8 Å². The molecule has 0 N–H and O–H groups in total. The largest absolute Gasteiger partial charge is 0.452 e. The number of nitrogens with zero attached hydrogens (tertiary/aromatic N) is 1. The van der Waals surface area contributed by atoms with E-state index in [4.69, 9.17) is 32.7 Å². The molecule has 0 aromatic heterocycles. The summed E-state index contributed by atoms with van der Waals surface area (Å²) in [6, 6.07) is 9.71. The molecular formula is C20H17Cl2NO4. The van der Waals surface area contributed by atoms with Crippen molar-refractivity contribution in [3.8, 4) is 11.5 Å². The number of hydrogen-bond donors (Lipinski definition) is 0. The van der Waals surface area contributed by atoms with E-state index >= 15 is 0 Å². The highest BCUT2D eigenvalue weighted by atomic mass is 35.5. The Morgan fingerprint density at radius 1 is 1.11 bits per heavy atom. The minimum atomic E-state index is -0.448. The first-order valence-electron chi connectivity index (χ1n) is 8.43. The minimum absolute atomic E-state index is 0.163. The van der Waals surface area contributed by atoms with E-state index in [1.807, 2.05) is 13.8 Å². The molecular weight excluding hydrogens is 389 g/mol. The lowest BCUT2D eigenvalue weighted by atomic mass is 10.1. The molecule has 140 valence electrons. The van der Waals surface area contributed by atoms with Gasteiger partial charge in [0.15, 0.2) is 5.76 Å². The molecule has 0 spiro atoms. The van der Waals surface area contributed by atoms with E-state index in [9.17, 15) is 9.59 Å². The van der Waals surface area contributed by atoms with Crippen molar-refractivity contribution in [1.82, 2.24) is 4.90 Å². The molecule has 1 amide bonds. The van der Waals surface area contributed by atoms with Crippen LogP contribution in [0.5, 0.6) is 11.5 Å². The number of ketones is 1. The van der Waals surface area contributed by atoms with Crippen molar-refractivity contribution in [2.24, 2.45) is 0 Å². The molecule has 27 heavy (non-hydrogen) atoms. The Kier molecular flexibility index (Phi) is 5.73. The van der Waals surface area contributed by atoms with Gasteiger partial charge in [0.25, 0.3) is 0 Å². The Morgan fingerprint density at radius 2 is 1.85 bits per heavy atom. The van der Waals surface area contributed by atoms with Crippen LogP contribution in [0.4, 0.5) is 4.79 Å². The Labute approximate surface area is 167 Å². The molecule has 1 heterocycles. The molecule has 0 unspecified atom stereocenters. The van der Waals surface area contributed by atoms with Crippen molar-refractivity contribution in [3.63, 3.8) is 0 Å². The summed E-state index contributed by atoms with van der Waals surface area (Å²) >= 11 is 11.9. The van der Waals surface area contributed by atoms with Crippen molar-refractivity contribution in [2.75, 3.05) is 13.1 Å². The highest BCUT2D eigenvalue weighted by Gasteiger charge is 2.28. The number of carbonyl (C=O) groups is 2. The van der Waals surface area contributed by atoms with E-state index in [0.717, 1.165) is 0 Å². The predicted molar refractivity (Wildman–Crippen MR) is 105 cm³/mol. The number of ether oxygens (including phenoxy) is 2. The zero-order chi connectivity index (χ0) is 19.6. The van der Waals surface area contributed by atoms with Gasteiger partial charge in [0, 0.05) is 19.2 Å². The van der Waals surface area contributed by atoms with Crippen LogP contribution in [0.1, 0.15) is 29.8 Å². The van der Waals surface area contributed by atoms with Crippen LogP contribution in [0.15, 0.2) is 42.2 Å². The third-order valence-electron chi connectivity index (χ3n) is 4.11. The molecule has 1 aliphatic rings. The van der Waals surface area contributed by atoms with Crippen LogP contribution in [-0.4, -0.2) is 29.9 Å². The van der Waals surface area contributed by atoms with Gasteiger partial charge in [-0.15, -0.1) is 0 Å². The molecule has 0 saturated carbocycles. The number of rotatable bonds is 4. The summed E-state index contributed by atoms with van der Waals surface area (Å²) in [6.07, 6.45) is 1.14. The number of benzene rings is 2. The summed E-state index contributed by atoms with van der Waals surface area (Å²) in [5.74, 6) is 0.568. The summed E-state index contributed by atoms with van der Waals surface area (Å²) in [7, 11) is 0. The maximum atomic E-state index is 12.5. The summed E-state index contributed by atoms with van der Waals surface area (Å²) in [6.45, 7) is 4.84. The van der Waals surface area contributed by atoms with Crippen molar-refractivity contribution in [2.45, 2.75) is 13.8 Å². The molecule has 0 bridgehead atoms. The molecule has 0 saturated heterocycles. The Bertz CT molecular complexity index is 936. The fraction of sp³-hybridized carbons (Fsp3) is 0.200. The lowest BCUT2D eigenvalue weighted by Crippen LogP contribution is -2.33. The van der Waals surface area contributed by atoms with Crippen LogP contribution in [0, 0.1) is 0 Å². The molecule has 5 nitrogen and oxygen atoms in total. The monoisotopic (exact) mass is 405 g/mol. The van der Waals surface area contributed by atoms with Crippen LogP contribution in [0.25, 0.3) is 6.08 Å². The smallest absolute Gasteiger partial charge is 0.415 e. The highest BCUT2D eigenvalue weighted by Crippen LogP contribution is 2.35. The van der Waals surface area contributed by atoms with E-state index in [-0.39, 0.29) is 11.5 Å². The first kappa shape index (κ1) is 19.3. The van der Waals surface area contributed by atoms with Gasteiger partial charge in [-0.25, -0.2) is 4.79 Å². The van der Waals surface area contributed by atoms with E-state index in [1.54, 1.807) is 41.3 Å². The minimum Gasteiger partial charge on any atom is -0.452 e. The molecule has 0 fully saturated rings. The van der Waals surface area contributed by atoms with Crippen molar-refractivity contribution < 1.29 is 19.1 Å². The van der Waals surface area contributed by atoms with Gasteiger partial charge in [0.05, 0.1) is 15.6 Å². The number of amides is 1. The zero-order valence-corrected chi connectivity index (χ0v) is 16.3. The number of halogens is 2. The van der Waals surface area contributed by atoms with Gasteiger partial charge in [0.2, 0.25) is 5.78 Å². The van der Waals surface area contributed by atoms with Crippen molar-refractivity contribution in [1.29, 1.82) is 0 Å². The third-order valence-corrected chi connectivity index (χ3v) is 4.85. The van der Waals surface area contributed by atoms with Crippen LogP contribution in [-0.2, 0) is 0 Å². The normalized spacial score (nSPS) is 14.1. The average molecular weight is 406 g/mol. The molecule has 3 rings (SSSR count). The van der Waals surface area contributed by atoms with Crippen molar-refractivity contribution in [3.05, 3.63) is 63.3 Å². The second-order valence-electron chi connectivity index (χ2n) is 5.81. The Balaban J connectivity index is 1.82. The lowest BCUT2D eigenvalue weighted by molar-refractivity contribution is 0.101. The van der Waals surface area contributed by atoms with E-state index in [0.29, 0.717) is 45.8 Å². The molecule has 0 aliphatic carbocycles. The summed E-state index contributed by atoms with van der Waals surface area (Å²) in [5.41, 5.74) is 1.10. The molecule has 2 aromatic carbocycles. The first-order chi connectivity index (χ1) is 12.9. The quantitative estimate of drug-likeness (QED) is 0.634. The van der Waals surface area contributed by atoms with Crippen LogP contribution < -0.4 is 9.47 Å². The van der Waals surface area contributed by atoms with Crippen LogP contribution >= 0.6 is 23.2 Å². The van der Waals surface area contributed by atoms with E-state index in [2.05, 4.69) is 0 Å². The van der Waals surface area contributed by atoms with E-state index < -0.39 is 6.09 Å². The molecule has 0 radical (unpaired) electrons. The van der Waals surface area contributed by atoms with Gasteiger partial charge >= 0.3 is 6.09 Å². The molecule has 2 aromatic rings. The zero-order valence-electron chi connectivity index (χ0n) is 14.8.